The third kappa shape index (κ3) is 4.92. The molecule has 10 heteroatoms. The van der Waals surface area contributed by atoms with E-state index in [4.69, 9.17) is 9.47 Å². The van der Waals surface area contributed by atoms with E-state index in [1.54, 1.807) is 20.8 Å². The quantitative estimate of drug-likeness (QED) is 0.707. The van der Waals surface area contributed by atoms with E-state index in [2.05, 4.69) is 5.32 Å². The van der Waals surface area contributed by atoms with E-state index in [0.29, 0.717) is 12.8 Å². The van der Waals surface area contributed by atoms with Crippen molar-refractivity contribution in [1.82, 2.24) is 15.1 Å². The van der Waals surface area contributed by atoms with Gasteiger partial charge >= 0.3 is 12.1 Å². The number of carbonyl (C=O) groups is 4. The van der Waals surface area contributed by atoms with Gasteiger partial charge < -0.3 is 24.8 Å². The van der Waals surface area contributed by atoms with E-state index in [1.165, 1.54) is 18.9 Å². The molecule has 0 bridgehead atoms. The first-order valence-electron chi connectivity index (χ1n) is 9.35. The van der Waals surface area contributed by atoms with Gasteiger partial charge in [0.2, 0.25) is 11.8 Å². The zero-order valence-electron chi connectivity index (χ0n) is 16.9. The number of rotatable bonds is 4. The summed E-state index contributed by atoms with van der Waals surface area (Å²) in [5.41, 5.74) is -0.702. The van der Waals surface area contributed by atoms with Gasteiger partial charge in [-0.15, -0.1) is 0 Å². The first-order valence-corrected chi connectivity index (χ1v) is 9.35. The van der Waals surface area contributed by atoms with Crippen molar-refractivity contribution in [3.8, 4) is 0 Å². The van der Waals surface area contributed by atoms with Gasteiger partial charge in [0.1, 0.15) is 30.0 Å². The standard InChI is InChI=1S/C18H29N3O7/c1-10(20(5)17(26)28-18(2,3)4)14(22)19-11-8-9-27-13-7-6-12(16(24)25)21(13)15(11)23/h10-13H,6-9H2,1-5H3,(H,19,22)(H,24,25)/t10?,11-,12+,13-/m0/s1. The smallest absolute Gasteiger partial charge is 0.410 e. The molecule has 0 aliphatic carbocycles. The lowest BCUT2D eigenvalue weighted by Gasteiger charge is -2.30. The summed E-state index contributed by atoms with van der Waals surface area (Å²) in [6.07, 6.45) is -0.258. The number of ether oxygens (including phenoxy) is 2. The van der Waals surface area contributed by atoms with Gasteiger partial charge in [-0.1, -0.05) is 0 Å². The number of hydrogen-bond acceptors (Lipinski definition) is 6. The van der Waals surface area contributed by atoms with Crippen LogP contribution in [0.1, 0.15) is 47.0 Å². The molecule has 28 heavy (non-hydrogen) atoms. The molecule has 4 atom stereocenters. The van der Waals surface area contributed by atoms with Gasteiger partial charge in [-0.3, -0.25) is 14.5 Å². The molecule has 2 heterocycles. The molecule has 3 amide bonds. The average molecular weight is 399 g/mol. The molecule has 2 rings (SSSR count). The number of fused-ring (bicyclic) bond motifs is 1. The SMILES string of the molecule is CC(C(=O)N[C@H]1CCO[C@H]2CC[C@H](C(=O)O)N2C1=O)N(C)C(=O)OC(C)(C)C. The van der Waals surface area contributed by atoms with Crippen LogP contribution in [0, 0.1) is 0 Å². The third-order valence-electron chi connectivity index (χ3n) is 4.85. The van der Waals surface area contributed by atoms with Gasteiger partial charge in [-0.2, -0.15) is 0 Å². The fourth-order valence-electron chi connectivity index (χ4n) is 3.20. The van der Waals surface area contributed by atoms with Crippen molar-refractivity contribution in [1.29, 1.82) is 0 Å². The van der Waals surface area contributed by atoms with Gasteiger partial charge in [0, 0.05) is 13.5 Å². The minimum atomic E-state index is -1.09. The number of hydrogen-bond donors (Lipinski definition) is 2. The number of aliphatic carboxylic acids is 1. The molecular weight excluding hydrogens is 370 g/mol. The molecule has 2 aliphatic rings. The minimum absolute atomic E-state index is 0.223. The molecule has 0 spiro atoms. The summed E-state index contributed by atoms with van der Waals surface area (Å²) in [6.45, 7) is 6.91. The van der Waals surface area contributed by atoms with Crippen LogP contribution in [0.4, 0.5) is 4.79 Å². The van der Waals surface area contributed by atoms with Crippen LogP contribution in [0.3, 0.4) is 0 Å². The molecule has 2 fully saturated rings. The summed E-state index contributed by atoms with van der Waals surface area (Å²) >= 11 is 0. The van der Waals surface area contributed by atoms with Crippen LogP contribution >= 0.6 is 0 Å². The zero-order valence-corrected chi connectivity index (χ0v) is 16.9. The van der Waals surface area contributed by atoms with Crippen LogP contribution in [-0.4, -0.2) is 82.4 Å². The summed E-state index contributed by atoms with van der Waals surface area (Å²) in [7, 11) is 1.44. The van der Waals surface area contributed by atoms with Crippen molar-refractivity contribution < 1.29 is 33.8 Å². The molecule has 158 valence electrons. The molecular formula is C18H29N3O7. The topological polar surface area (TPSA) is 125 Å². The maximum atomic E-state index is 12.9. The lowest BCUT2D eigenvalue weighted by Crippen LogP contribution is -2.56. The maximum Gasteiger partial charge on any atom is 0.410 e. The molecule has 2 N–H and O–H groups in total. The third-order valence-corrected chi connectivity index (χ3v) is 4.85. The molecule has 0 saturated carbocycles. The van der Waals surface area contributed by atoms with Crippen LogP contribution in [0.2, 0.25) is 0 Å². The largest absolute Gasteiger partial charge is 0.480 e. The number of nitrogens with zero attached hydrogens (tertiary/aromatic N) is 2. The Balaban J connectivity index is 2.04. The second-order valence-electron chi connectivity index (χ2n) is 8.12. The van der Waals surface area contributed by atoms with Gasteiger partial charge in [-0.05, 0) is 40.5 Å². The summed E-state index contributed by atoms with van der Waals surface area (Å²) in [5.74, 6) is -2.10. The number of nitrogens with one attached hydrogen (secondary N) is 1. The molecule has 0 aromatic rings. The zero-order chi connectivity index (χ0) is 21.2. The molecule has 10 nitrogen and oxygen atoms in total. The fraction of sp³-hybridized carbons (Fsp3) is 0.778. The Morgan fingerprint density at radius 1 is 1.29 bits per heavy atom. The first-order chi connectivity index (χ1) is 12.9. The van der Waals surface area contributed by atoms with Crippen LogP contribution < -0.4 is 5.32 Å². The summed E-state index contributed by atoms with van der Waals surface area (Å²) in [4.78, 5) is 51.4. The Bertz CT molecular complexity index is 646. The number of carboxylic acids is 1. The maximum absolute atomic E-state index is 12.9. The normalized spacial score (nSPS) is 26.1. The second kappa shape index (κ2) is 8.34. The molecule has 0 aromatic carbocycles. The number of carboxylic acid groups (broad SMARTS) is 1. The molecule has 0 radical (unpaired) electrons. The summed E-state index contributed by atoms with van der Waals surface area (Å²) in [5, 5.41) is 12.0. The molecule has 0 aromatic heterocycles. The summed E-state index contributed by atoms with van der Waals surface area (Å²) < 4.78 is 10.8. The molecule has 2 aliphatic heterocycles. The highest BCUT2D eigenvalue weighted by atomic mass is 16.6. The van der Waals surface area contributed by atoms with Gasteiger partial charge in [-0.25, -0.2) is 9.59 Å². The Morgan fingerprint density at radius 3 is 2.50 bits per heavy atom. The van der Waals surface area contributed by atoms with E-state index in [9.17, 15) is 24.3 Å². The van der Waals surface area contributed by atoms with Crippen LogP contribution in [0.15, 0.2) is 0 Å². The lowest BCUT2D eigenvalue weighted by molar-refractivity contribution is -0.155. The summed E-state index contributed by atoms with van der Waals surface area (Å²) in [6, 6.07) is -2.75. The van der Waals surface area contributed by atoms with Crippen LogP contribution in [-0.2, 0) is 23.9 Å². The second-order valence-corrected chi connectivity index (χ2v) is 8.12. The minimum Gasteiger partial charge on any atom is -0.480 e. The van der Waals surface area contributed by atoms with Crippen molar-refractivity contribution in [3.63, 3.8) is 0 Å². The average Bonchev–Trinajstić information content (AvgIpc) is 2.95. The number of amides is 3. The highest BCUT2D eigenvalue weighted by Crippen LogP contribution is 2.29. The van der Waals surface area contributed by atoms with E-state index >= 15 is 0 Å². The predicted molar refractivity (Wildman–Crippen MR) is 97.3 cm³/mol. The lowest BCUT2D eigenvalue weighted by atomic mass is 10.1. The Morgan fingerprint density at radius 2 is 1.93 bits per heavy atom. The van der Waals surface area contributed by atoms with Gasteiger partial charge in [0.05, 0.1) is 6.61 Å². The highest BCUT2D eigenvalue weighted by molar-refractivity contribution is 5.93. The van der Waals surface area contributed by atoms with Crippen molar-refractivity contribution in [2.45, 2.75) is 76.9 Å². The highest BCUT2D eigenvalue weighted by Gasteiger charge is 2.46. The first kappa shape index (κ1) is 21.9. The van der Waals surface area contributed by atoms with Crippen molar-refractivity contribution in [2.24, 2.45) is 0 Å². The molecule has 2 saturated heterocycles. The van der Waals surface area contributed by atoms with E-state index in [0.717, 1.165) is 4.90 Å². The number of likely N-dealkylation sites (N-methyl/N-ethyl adjacent to an activating group) is 1. The Labute approximate surface area is 164 Å². The number of carbonyl (C=O) groups excluding carboxylic acids is 3. The van der Waals surface area contributed by atoms with Gasteiger partial charge in [0.25, 0.3) is 0 Å². The molecule has 1 unspecified atom stereocenters. The fourth-order valence-corrected chi connectivity index (χ4v) is 3.20. The van der Waals surface area contributed by atoms with Crippen molar-refractivity contribution in [2.75, 3.05) is 13.7 Å². The monoisotopic (exact) mass is 399 g/mol. The van der Waals surface area contributed by atoms with Gasteiger partial charge in [0.15, 0.2) is 0 Å². The van der Waals surface area contributed by atoms with Crippen LogP contribution in [0.5, 0.6) is 0 Å². The van der Waals surface area contributed by atoms with E-state index in [-0.39, 0.29) is 13.0 Å². The Hall–Kier alpha value is -2.36. The Kier molecular flexibility index (Phi) is 6.53. The van der Waals surface area contributed by atoms with E-state index in [1.807, 2.05) is 0 Å². The predicted octanol–water partition coefficient (Wildman–Crippen LogP) is 0.549. The van der Waals surface area contributed by atoms with Crippen molar-refractivity contribution >= 4 is 23.9 Å². The van der Waals surface area contributed by atoms with E-state index < -0.39 is 53.8 Å². The van der Waals surface area contributed by atoms with Crippen LogP contribution in [0.25, 0.3) is 0 Å². The van der Waals surface area contributed by atoms with Crippen molar-refractivity contribution in [3.05, 3.63) is 0 Å².